The number of fused-ring (bicyclic) bond motifs is 1. The number of nitrogens with zero attached hydrogens (tertiary/aromatic N) is 2. The van der Waals surface area contributed by atoms with Crippen molar-refractivity contribution in [2.45, 2.75) is 32.0 Å². The second-order valence-corrected chi connectivity index (χ2v) is 10.2. The number of anilines is 1. The van der Waals surface area contributed by atoms with E-state index in [4.69, 9.17) is 10.5 Å². The molecular formula is C28H27F4N5O4S. The third-order valence-electron chi connectivity index (χ3n) is 6.20. The fraction of sp³-hybridized carbons (Fsp3) is 0.286. The van der Waals surface area contributed by atoms with Gasteiger partial charge in [-0.3, -0.25) is 9.59 Å². The van der Waals surface area contributed by atoms with Crippen LogP contribution in [0.2, 0.25) is 0 Å². The van der Waals surface area contributed by atoms with Crippen LogP contribution in [0.4, 0.5) is 22.7 Å². The summed E-state index contributed by atoms with van der Waals surface area (Å²) in [5.41, 5.74) is 1.32. The van der Waals surface area contributed by atoms with E-state index >= 15 is 0 Å². The lowest BCUT2D eigenvalue weighted by Crippen LogP contribution is -2.51. The highest BCUT2D eigenvalue weighted by Gasteiger charge is 2.56. The quantitative estimate of drug-likeness (QED) is 0.184. The average molecular weight is 606 g/mol. The van der Waals surface area contributed by atoms with E-state index in [1.165, 1.54) is 35.6 Å². The molecule has 2 heterocycles. The van der Waals surface area contributed by atoms with Gasteiger partial charge >= 0.3 is 6.18 Å². The number of carbonyl (C=O) groups is 2. The Morgan fingerprint density at radius 2 is 1.79 bits per heavy atom. The number of hydrogen-bond donors (Lipinski definition) is 4. The molecule has 0 bridgehead atoms. The predicted molar refractivity (Wildman–Crippen MR) is 150 cm³/mol. The molecule has 42 heavy (non-hydrogen) atoms. The van der Waals surface area contributed by atoms with Crippen molar-refractivity contribution in [3.05, 3.63) is 71.2 Å². The van der Waals surface area contributed by atoms with Crippen molar-refractivity contribution in [1.82, 2.24) is 15.3 Å². The van der Waals surface area contributed by atoms with Crippen LogP contribution < -0.4 is 21.1 Å². The van der Waals surface area contributed by atoms with Crippen LogP contribution in [0.15, 0.2) is 48.5 Å². The fourth-order valence-electron chi connectivity index (χ4n) is 4.16. The Morgan fingerprint density at radius 1 is 1.07 bits per heavy atom. The summed E-state index contributed by atoms with van der Waals surface area (Å²) in [6.07, 6.45) is -5.87. The Bertz CT molecular complexity index is 1610. The SMILES string of the molecule is CCNc1nc2ccc(C(=O)NC[C@](O)(c3cc(CC(N)=O)c(OCC)c(-c4ccc(F)cc4)n3)C(F)(F)F)cc2s1. The molecule has 4 aromatic rings. The maximum atomic E-state index is 14.5. The third-order valence-corrected chi connectivity index (χ3v) is 7.17. The first-order chi connectivity index (χ1) is 19.9. The van der Waals surface area contributed by atoms with Crippen LogP contribution in [0.25, 0.3) is 21.5 Å². The Morgan fingerprint density at radius 3 is 2.40 bits per heavy atom. The van der Waals surface area contributed by atoms with Crippen molar-refractivity contribution in [3.8, 4) is 17.0 Å². The summed E-state index contributed by atoms with van der Waals surface area (Å²) in [6.45, 7) is 2.89. The second kappa shape index (κ2) is 12.3. The third kappa shape index (κ3) is 6.44. The number of pyridine rings is 1. The van der Waals surface area contributed by atoms with Gasteiger partial charge in [0.05, 0.1) is 35.5 Å². The molecule has 0 saturated carbocycles. The number of nitrogens with two attached hydrogens (primary N) is 1. The monoisotopic (exact) mass is 605 g/mol. The highest BCUT2D eigenvalue weighted by Crippen LogP contribution is 2.42. The van der Waals surface area contributed by atoms with Crippen molar-refractivity contribution >= 4 is 38.5 Å². The number of benzene rings is 2. The standard InChI is InChI=1S/C28H27F4N5O4S/c1-3-34-26-36-19-10-7-16(11-20(19)42-26)25(39)35-14-27(40,28(30,31)32)21-12-17(13-22(33)38)24(41-4-2)23(37-21)15-5-8-18(29)9-6-15/h5-12,40H,3-4,13-14H2,1-2H3,(H2,33,38)(H,34,36)(H,35,39)/t27-/m0/s1. The van der Waals surface area contributed by atoms with Gasteiger partial charge in [-0.1, -0.05) is 11.3 Å². The summed E-state index contributed by atoms with van der Waals surface area (Å²) in [6, 6.07) is 10.0. The molecule has 0 radical (unpaired) electrons. The number of halogens is 4. The van der Waals surface area contributed by atoms with Crippen molar-refractivity contribution < 1.29 is 37.0 Å². The summed E-state index contributed by atoms with van der Waals surface area (Å²) in [4.78, 5) is 33.2. The zero-order valence-electron chi connectivity index (χ0n) is 22.5. The number of hydrogen-bond acceptors (Lipinski definition) is 8. The number of aliphatic hydroxyl groups is 1. The van der Waals surface area contributed by atoms with Gasteiger partial charge in [0, 0.05) is 23.2 Å². The number of rotatable bonds is 11. The summed E-state index contributed by atoms with van der Waals surface area (Å²) < 4.78 is 63.5. The summed E-state index contributed by atoms with van der Waals surface area (Å²) in [7, 11) is 0. The topological polar surface area (TPSA) is 139 Å². The molecule has 0 spiro atoms. The average Bonchev–Trinajstić information content (AvgIpc) is 3.34. The van der Waals surface area contributed by atoms with E-state index in [0.29, 0.717) is 21.9 Å². The van der Waals surface area contributed by atoms with Crippen LogP contribution in [-0.2, 0) is 16.8 Å². The molecule has 0 aliphatic rings. The summed E-state index contributed by atoms with van der Waals surface area (Å²) in [5.74, 6) is -2.40. The first kappa shape index (κ1) is 30.7. The molecule has 0 aliphatic carbocycles. The molecule has 222 valence electrons. The Kier molecular flexibility index (Phi) is 8.97. The number of amides is 2. The van der Waals surface area contributed by atoms with E-state index in [1.54, 1.807) is 13.0 Å². The lowest BCUT2D eigenvalue weighted by molar-refractivity contribution is -0.265. The molecule has 9 nitrogen and oxygen atoms in total. The van der Waals surface area contributed by atoms with Crippen LogP contribution in [0.3, 0.4) is 0 Å². The molecule has 2 aromatic carbocycles. The van der Waals surface area contributed by atoms with Crippen molar-refractivity contribution in [2.24, 2.45) is 5.73 Å². The van der Waals surface area contributed by atoms with Gasteiger partial charge < -0.3 is 26.2 Å². The van der Waals surface area contributed by atoms with Crippen LogP contribution >= 0.6 is 11.3 Å². The number of carbonyl (C=O) groups excluding carboxylic acids is 2. The Balaban J connectivity index is 1.75. The number of ether oxygens (including phenoxy) is 1. The number of thiazole rings is 1. The van der Waals surface area contributed by atoms with Crippen LogP contribution in [0.5, 0.6) is 5.75 Å². The van der Waals surface area contributed by atoms with E-state index in [9.17, 15) is 32.3 Å². The zero-order valence-corrected chi connectivity index (χ0v) is 23.3. The number of primary amides is 1. The molecule has 14 heteroatoms. The van der Waals surface area contributed by atoms with Crippen molar-refractivity contribution in [2.75, 3.05) is 25.0 Å². The van der Waals surface area contributed by atoms with Gasteiger partial charge in [0.2, 0.25) is 11.5 Å². The molecular weight excluding hydrogens is 578 g/mol. The molecule has 0 aliphatic heterocycles. The minimum absolute atomic E-state index is 0.0463. The molecule has 1 atom stereocenters. The molecule has 2 amide bonds. The number of nitrogens with one attached hydrogen (secondary N) is 2. The molecule has 0 unspecified atom stereocenters. The van der Waals surface area contributed by atoms with E-state index in [-0.39, 0.29) is 34.7 Å². The van der Waals surface area contributed by atoms with Gasteiger partial charge in [-0.05, 0) is 62.4 Å². The molecule has 5 N–H and O–H groups in total. The summed E-state index contributed by atoms with van der Waals surface area (Å²) >= 11 is 1.28. The van der Waals surface area contributed by atoms with Crippen LogP contribution in [0, 0.1) is 5.82 Å². The first-order valence-corrected chi connectivity index (χ1v) is 13.6. The zero-order chi connectivity index (χ0) is 30.7. The Labute approximate surface area is 241 Å². The maximum Gasteiger partial charge on any atom is 0.424 e. The lowest BCUT2D eigenvalue weighted by Gasteiger charge is -2.31. The maximum absolute atomic E-state index is 14.5. The van der Waals surface area contributed by atoms with E-state index in [1.807, 2.05) is 6.92 Å². The van der Waals surface area contributed by atoms with Crippen molar-refractivity contribution in [1.29, 1.82) is 0 Å². The van der Waals surface area contributed by atoms with Gasteiger partial charge in [0.15, 0.2) is 5.13 Å². The highest BCUT2D eigenvalue weighted by molar-refractivity contribution is 7.22. The minimum Gasteiger partial charge on any atom is -0.491 e. The molecule has 0 fully saturated rings. The number of alkyl halides is 3. The Hall–Kier alpha value is -4.30. The van der Waals surface area contributed by atoms with Gasteiger partial charge in [0.25, 0.3) is 5.91 Å². The first-order valence-electron chi connectivity index (χ1n) is 12.8. The fourth-order valence-corrected chi connectivity index (χ4v) is 5.14. The lowest BCUT2D eigenvalue weighted by atomic mass is 9.93. The van der Waals surface area contributed by atoms with E-state index in [2.05, 4.69) is 20.6 Å². The second-order valence-electron chi connectivity index (χ2n) is 9.20. The van der Waals surface area contributed by atoms with Crippen molar-refractivity contribution in [3.63, 3.8) is 0 Å². The van der Waals surface area contributed by atoms with Gasteiger partial charge in [0.1, 0.15) is 17.3 Å². The smallest absolute Gasteiger partial charge is 0.424 e. The summed E-state index contributed by atoms with van der Waals surface area (Å²) in [5, 5.41) is 16.9. The molecule has 4 rings (SSSR count). The van der Waals surface area contributed by atoms with Gasteiger partial charge in [-0.15, -0.1) is 0 Å². The van der Waals surface area contributed by atoms with Gasteiger partial charge in [-0.2, -0.15) is 13.2 Å². The molecule has 2 aromatic heterocycles. The highest BCUT2D eigenvalue weighted by atomic mass is 32.1. The molecule has 0 saturated heterocycles. The van der Waals surface area contributed by atoms with Gasteiger partial charge in [-0.25, -0.2) is 14.4 Å². The van der Waals surface area contributed by atoms with E-state index < -0.39 is 48.1 Å². The predicted octanol–water partition coefficient (Wildman–Crippen LogP) is 4.54. The van der Waals surface area contributed by atoms with Crippen LogP contribution in [-0.4, -0.2) is 52.8 Å². The largest absolute Gasteiger partial charge is 0.491 e. The normalized spacial score (nSPS) is 13.0. The number of aromatic nitrogens is 2. The van der Waals surface area contributed by atoms with Crippen LogP contribution in [0.1, 0.15) is 35.5 Å². The van der Waals surface area contributed by atoms with E-state index in [0.717, 1.165) is 18.2 Å². The minimum atomic E-state index is -5.33.